The fraction of sp³-hybridized carbons (Fsp3) is 0.273. The molecule has 198 valence electrons. The van der Waals surface area contributed by atoms with Gasteiger partial charge in [0.2, 0.25) is 0 Å². The first-order chi connectivity index (χ1) is 18.8. The number of benzene rings is 3. The third-order valence-electron chi connectivity index (χ3n) is 8.11. The number of hydrogen-bond donors (Lipinski definition) is 2. The molecular formula is C33H35N3O2Si. The smallest absolute Gasteiger partial charge is 0.252 e. The Hall–Kier alpha value is -3.74. The highest BCUT2D eigenvalue weighted by atomic mass is 28.1. The minimum absolute atomic E-state index is 0.0597. The van der Waals surface area contributed by atoms with Crippen molar-refractivity contribution in [2.75, 3.05) is 13.2 Å². The van der Waals surface area contributed by atoms with Crippen LogP contribution >= 0.6 is 0 Å². The summed E-state index contributed by atoms with van der Waals surface area (Å²) in [4.78, 5) is 18.3. The Morgan fingerprint density at radius 1 is 1.03 bits per heavy atom. The van der Waals surface area contributed by atoms with E-state index in [1.165, 1.54) is 5.56 Å². The summed E-state index contributed by atoms with van der Waals surface area (Å²) in [7, 11) is 1.04. The van der Waals surface area contributed by atoms with E-state index in [4.69, 9.17) is 4.74 Å². The second-order valence-electron chi connectivity index (χ2n) is 11.4. The molecule has 1 aliphatic heterocycles. The number of carbonyl (C=O) groups excluding carboxylic acids is 1. The van der Waals surface area contributed by atoms with Crippen molar-refractivity contribution in [3.63, 3.8) is 0 Å². The molecule has 2 fully saturated rings. The lowest BCUT2D eigenvalue weighted by Crippen LogP contribution is -2.61. The number of aromatic nitrogens is 1. The van der Waals surface area contributed by atoms with E-state index in [0.717, 1.165) is 75.0 Å². The van der Waals surface area contributed by atoms with Crippen LogP contribution in [-0.2, 0) is 5.54 Å². The minimum Gasteiger partial charge on any atom is -0.492 e. The van der Waals surface area contributed by atoms with Crippen LogP contribution in [0.3, 0.4) is 0 Å². The maximum atomic E-state index is 13.7. The quantitative estimate of drug-likeness (QED) is 0.251. The molecule has 0 spiro atoms. The Kier molecular flexibility index (Phi) is 6.61. The first-order valence-electron chi connectivity index (χ1n) is 13.8. The number of nitrogens with zero attached hydrogens (tertiary/aromatic N) is 1. The van der Waals surface area contributed by atoms with Crippen LogP contribution in [0.1, 0.15) is 57.4 Å². The molecule has 2 heterocycles. The predicted molar refractivity (Wildman–Crippen MR) is 162 cm³/mol. The van der Waals surface area contributed by atoms with Gasteiger partial charge in [-0.15, -0.1) is 0 Å². The number of fused-ring (bicyclic) bond motifs is 1. The van der Waals surface area contributed by atoms with E-state index in [1.807, 2.05) is 37.4 Å². The van der Waals surface area contributed by atoms with Gasteiger partial charge >= 0.3 is 0 Å². The molecule has 1 saturated carbocycles. The van der Waals surface area contributed by atoms with E-state index in [1.54, 1.807) is 0 Å². The van der Waals surface area contributed by atoms with Crippen molar-refractivity contribution in [2.24, 2.45) is 0 Å². The first-order valence-corrected chi connectivity index (χ1v) is 14.8. The van der Waals surface area contributed by atoms with Gasteiger partial charge in [-0.3, -0.25) is 9.78 Å². The number of carbonyl (C=O) groups is 1. The van der Waals surface area contributed by atoms with Gasteiger partial charge in [0.05, 0.1) is 11.1 Å². The molecular weight excluding hydrogens is 498 g/mol. The standard InChI is InChI=1S/C33H35N3O2Si/c1-22-5-3-6-24(17-22)9-10-25-18-29(27-7-4-15-34-30(27)19-25)32(12-13-32)36-31(37)28-20-26(11-8-23(28)2)38-21-33(39)14-16-35-33/h3-11,15,17-20,35H,12-14,16,21H2,1-2,39H3,(H,36,37)/b10-9+/t33-/m1/s1. The van der Waals surface area contributed by atoms with E-state index >= 15 is 0 Å². The largest absolute Gasteiger partial charge is 0.492 e. The Morgan fingerprint density at radius 2 is 1.85 bits per heavy atom. The second kappa shape index (κ2) is 10.1. The van der Waals surface area contributed by atoms with Crippen molar-refractivity contribution in [1.29, 1.82) is 0 Å². The maximum Gasteiger partial charge on any atom is 0.252 e. The Balaban J connectivity index is 1.28. The van der Waals surface area contributed by atoms with Gasteiger partial charge in [-0.05, 0) is 92.2 Å². The fourth-order valence-corrected chi connectivity index (χ4v) is 6.03. The minimum atomic E-state index is -0.399. The van der Waals surface area contributed by atoms with Gasteiger partial charge in [-0.2, -0.15) is 0 Å². The number of ether oxygens (including phenoxy) is 1. The van der Waals surface area contributed by atoms with Crippen LogP contribution in [0.15, 0.2) is 72.9 Å². The lowest BCUT2D eigenvalue weighted by Gasteiger charge is -2.39. The highest BCUT2D eigenvalue weighted by Crippen LogP contribution is 2.48. The highest BCUT2D eigenvalue weighted by Gasteiger charge is 2.47. The monoisotopic (exact) mass is 533 g/mol. The molecule has 1 aromatic heterocycles. The summed E-state index contributed by atoms with van der Waals surface area (Å²) in [5, 5.41) is 8.13. The lowest BCUT2D eigenvalue weighted by molar-refractivity contribution is 0.0930. The van der Waals surface area contributed by atoms with Crippen molar-refractivity contribution < 1.29 is 9.53 Å². The zero-order chi connectivity index (χ0) is 27.0. The van der Waals surface area contributed by atoms with Crippen LogP contribution < -0.4 is 15.4 Å². The third kappa shape index (κ3) is 5.40. The molecule has 0 unspecified atom stereocenters. The van der Waals surface area contributed by atoms with Crippen LogP contribution in [0, 0.1) is 13.8 Å². The van der Waals surface area contributed by atoms with Crippen LogP contribution in [0.4, 0.5) is 0 Å². The molecule has 3 aromatic carbocycles. The van der Waals surface area contributed by atoms with E-state index in [0.29, 0.717) is 12.2 Å². The molecule has 1 atom stereocenters. The number of nitrogens with one attached hydrogen (secondary N) is 2. The molecule has 0 radical (unpaired) electrons. The van der Waals surface area contributed by atoms with Gasteiger partial charge in [-0.25, -0.2) is 0 Å². The summed E-state index contributed by atoms with van der Waals surface area (Å²) in [5.41, 5.74) is 6.75. The Labute approximate surface area is 233 Å². The number of pyridine rings is 1. The topological polar surface area (TPSA) is 63.2 Å². The number of aryl methyl sites for hydroxylation is 2. The van der Waals surface area contributed by atoms with E-state index in [-0.39, 0.29) is 11.1 Å². The number of amides is 1. The molecule has 1 saturated heterocycles. The van der Waals surface area contributed by atoms with Crippen LogP contribution in [0.25, 0.3) is 23.1 Å². The summed E-state index contributed by atoms with van der Waals surface area (Å²) in [6.45, 7) is 5.79. The van der Waals surface area contributed by atoms with Crippen LogP contribution in [0.5, 0.6) is 5.75 Å². The molecule has 6 rings (SSSR count). The maximum absolute atomic E-state index is 13.7. The van der Waals surface area contributed by atoms with Crippen LogP contribution in [-0.4, -0.2) is 39.4 Å². The third-order valence-corrected chi connectivity index (χ3v) is 9.25. The molecule has 4 aromatic rings. The molecule has 0 bridgehead atoms. The second-order valence-corrected chi connectivity index (χ2v) is 13.3. The fourth-order valence-electron chi connectivity index (χ4n) is 5.39. The molecule has 1 aliphatic carbocycles. The van der Waals surface area contributed by atoms with Gasteiger partial charge < -0.3 is 15.4 Å². The normalized spacial score (nSPS) is 19.6. The highest BCUT2D eigenvalue weighted by molar-refractivity contribution is 6.16. The van der Waals surface area contributed by atoms with E-state index in [9.17, 15) is 4.79 Å². The number of rotatable bonds is 8. The molecule has 5 nitrogen and oxygen atoms in total. The molecule has 2 N–H and O–H groups in total. The van der Waals surface area contributed by atoms with Crippen molar-refractivity contribution >= 4 is 39.2 Å². The zero-order valence-corrected chi connectivity index (χ0v) is 24.9. The summed E-state index contributed by atoms with van der Waals surface area (Å²) in [5.74, 6) is 0.688. The first kappa shape index (κ1) is 25.5. The summed E-state index contributed by atoms with van der Waals surface area (Å²) >= 11 is 0. The summed E-state index contributed by atoms with van der Waals surface area (Å²) in [6, 6.07) is 22.7. The lowest BCUT2D eigenvalue weighted by atomic mass is 9.95. The van der Waals surface area contributed by atoms with Gasteiger partial charge in [0.1, 0.15) is 12.4 Å². The average molecular weight is 534 g/mol. The Bertz CT molecular complexity index is 1590. The zero-order valence-electron chi connectivity index (χ0n) is 22.9. The van der Waals surface area contributed by atoms with Crippen molar-refractivity contribution in [3.05, 3.63) is 106 Å². The van der Waals surface area contributed by atoms with Crippen molar-refractivity contribution in [3.8, 4) is 5.75 Å². The molecule has 1 amide bonds. The molecule has 6 heteroatoms. The number of hydrogen-bond acceptors (Lipinski definition) is 4. The SMILES string of the molecule is Cc1cccc(/C=C/c2cc(C3(NC(=O)c4cc(OC[C@]5([SiH3])CCN5)ccc4C)CC3)c3cccnc3c2)c1. The van der Waals surface area contributed by atoms with E-state index < -0.39 is 5.54 Å². The van der Waals surface area contributed by atoms with Gasteiger partial charge in [-0.1, -0.05) is 54.1 Å². The summed E-state index contributed by atoms with van der Waals surface area (Å²) < 4.78 is 6.11. The summed E-state index contributed by atoms with van der Waals surface area (Å²) in [6.07, 6.45) is 9.05. The molecule has 39 heavy (non-hydrogen) atoms. The van der Waals surface area contributed by atoms with Gasteiger partial charge in [0, 0.05) is 32.6 Å². The molecule has 2 aliphatic rings. The van der Waals surface area contributed by atoms with E-state index in [2.05, 4.69) is 77.2 Å². The average Bonchev–Trinajstić information content (AvgIpc) is 3.70. The van der Waals surface area contributed by atoms with Crippen LogP contribution in [0.2, 0.25) is 0 Å². The van der Waals surface area contributed by atoms with Gasteiger partial charge in [0.15, 0.2) is 0 Å². The van der Waals surface area contributed by atoms with Crippen molar-refractivity contribution in [2.45, 2.75) is 43.8 Å². The predicted octanol–water partition coefficient (Wildman–Crippen LogP) is 4.87. The Morgan fingerprint density at radius 3 is 2.59 bits per heavy atom. The van der Waals surface area contributed by atoms with Crippen molar-refractivity contribution in [1.82, 2.24) is 15.6 Å². The van der Waals surface area contributed by atoms with Gasteiger partial charge in [0.25, 0.3) is 5.91 Å².